The standard InChI is InChI=1S/C12H15NO5/c1-8-2-3-9(18-8)4-5-11(15)13-10(6-7-14)12(16)17/h2-5,10,14H,6-7H2,1H3,(H,13,15)(H,16,17). The molecule has 0 saturated carbocycles. The van der Waals surface area contributed by atoms with Gasteiger partial charge in [-0.2, -0.15) is 0 Å². The number of hydrogen-bond donors (Lipinski definition) is 3. The van der Waals surface area contributed by atoms with Crippen molar-refractivity contribution in [2.75, 3.05) is 6.61 Å². The number of aryl methyl sites for hydroxylation is 1. The van der Waals surface area contributed by atoms with E-state index in [0.29, 0.717) is 5.76 Å². The number of carbonyl (C=O) groups excluding carboxylic acids is 1. The molecule has 0 aliphatic rings. The molecule has 0 spiro atoms. The summed E-state index contributed by atoms with van der Waals surface area (Å²) in [5.41, 5.74) is 0. The van der Waals surface area contributed by atoms with Crippen LogP contribution in [0.4, 0.5) is 0 Å². The lowest BCUT2D eigenvalue weighted by molar-refractivity contribution is -0.141. The van der Waals surface area contributed by atoms with Crippen LogP contribution in [0.15, 0.2) is 22.6 Å². The van der Waals surface area contributed by atoms with Crippen LogP contribution in [-0.4, -0.2) is 34.7 Å². The quantitative estimate of drug-likeness (QED) is 0.643. The summed E-state index contributed by atoms with van der Waals surface area (Å²) in [7, 11) is 0. The third-order valence-electron chi connectivity index (χ3n) is 2.19. The van der Waals surface area contributed by atoms with Crippen LogP contribution in [0.2, 0.25) is 0 Å². The molecule has 0 bridgehead atoms. The van der Waals surface area contributed by atoms with E-state index in [1.807, 2.05) is 0 Å². The Morgan fingerprint density at radius 1 is 1.50 bits per heavy atom. The van der Waals surface area contributed by atoms with E-state index in [2.05, 4.69) is 5.32 Å². The summed E-state index contributed by atoms with van der Waals surface area (Å²) in [6.07, 6.45) is 2.60. The fourth-order valence-corrected chi connectivity index (χ4v) is 1.31. The monoisotopic (exact) mass is 253 g/mol. The summed E-state index contributed by atoms with van der Waals surface area (Å²) in [4.78, 5) is 22.2. The molecule has 1 aromatic rings. The van der Waals surface area contributed by atoms with Gasteiger partial charge in [0.1, 0.15) is 17.6 Å². The highest BCUT2D eigenvalue weighted by atomic mass is 16.4. The van der Waals surface area contributed by atoms with E-state index in [1.54, 1.807) is 19.1 Å². The zero-order valence-electron chi connectivity index (χ0n) is 9.92. The van der Waals surface area contributed by atoms with Gasteiger partial charge < -0.3 is 19.9 Å². The van der Waals surface area contributed by atoms with Crippen molar-refractivity contribution in [3.05, 3.63) is 29.7 Å². The lowest BCUT2D eigenvalue weighted by atomic mass is 10.2. The Balaban J connectivity index is 2.54. The molecule has 6 heteroatoms. The number of carbonyl (C=O) groups is 2. The van der Waals surface area contributed by atoms with E-state index in [1.165, 1.54) is 12.2 Å². The first-order valence-electron chi connectivity index (χ1n) is 5.41. The second kappa shape index (κ2) is 6.61. The predicted molar refractivity (Wildman–Crippen MR) is 63.7 cm³/mol. The van der Waals surface area contributed by atoms with Crippen molar-refractivity contribution in [2.24, 2.45) is 0 Å². The van der Waals surface area contributed by atoms with Gasteiger partial charge in [-0.3, -0.25) is 4.79 Å². The summed E-state index contributed by atoms with van der Waals surface area (Å²) in [6.45, 7) is 1.47. The minimum absolute atomic E-state index is 0.0330. The van der Waals surface area contributed by atoms with Crippen LogP contribution in [0.1, 0.15) is 17.9 Å². The molecule has 1 heterocycles. The first-order valence-corrected chi connectivity index (χ1v) is 5.41. The van der Waals surface area contributed by atoms with Gasteiger partial charge in [-0.05, 0) is 25.1 Å². The molecule has 0 aromatic carbocycles. The Morgan fingerprint density at radius 2 is 2.22 bits per heavy atom. The number of aliphatic carboxylic acids is 1. The number of aliphatic hydroxyl groups excluding tert-OH is 1. The van der Waals surface area contributed by atoms with Gasteiger partial charge in [0.05, 0.1) is 0 Å². The smallest absolute Gasteiger partial charge is 0.326 e. The van der Waals surface area contributed by atoms with Crippen LogP contribution in [0, 0.1) is 6.92 Å². The largest absolute Gasteiger partial charge is 0.480 e. The highest BCUT2D eigenvalue weighted by Crippen LogP contribution is 2.07. The second-order valence-corrected chi connectivity index (χ2v) is 3.69. The molecule has 1 aromatic heterocycles. The normalized spacial score (nSPS) is 12.6. The van der Waals surface area contributed by atoms with Crippen molar-refractivity contribution in [1.82, 2.24) is 5.32 Å². The van der Waals surface area contributed by atoms with Crippen LogP contribution in [0.5, 0.6) is 0 Å². The number of rotatable bonds is 6. The van der Waals surface area contributed by atoms with E-state index in [0.717, 1.165) is 5.76 Å². The summed E-state index contributed by atoms with van der Waals surface area (Å²) in [6, 6.07) is 2.36. The van der Waals surface area contributed by atoms with Gasteiger partial charge in [0.25, 0.3) is 0 Å². The van der Waals surface area contributed by atoms with Crippen molar-refractivity contribution in [2.45, 2.75) is 19.4 Å². The molecule has 98 valence electrons. The molecule has 0 saturated heterocycles. The minimum Gasteiger partial charge on any atom is -0.480 e. The molecule has 1 amide bonds. The lowest BCUT2D eigenvalue weighted by Crippen LogP contribution is -2.40. The van der Waals surface area contributed by atoms with Crippen molar-refractivity contribution >= 4 is 18.0 Å². The van der Waals surface area contributed by atoms with Crippen LogP contribution in [0.25, 0.3) is 6.08 Å². The average Bonchev–Trinajstić information content (AvgIpc) is 2.72. The first-order chi connectivity index (χ1) is 8.52. The fraction of sp³-hybridized carbons (Fsp3) is 0.333. The number of aliphatic hydroxyl groups is 1. The zero-order chi connectivity index (χ0) is 13.5. The maximum atomic E-state index is 11.4. The van der Waals surface area contributed by atoms with Gasteiger partial charge in [0.15, 0.2) is 0 Å². The van der Waals surface area contributed by atoms with Crippen molar-refractivity contribution < 1.29 is 24.2 Å². The van der Waals surface area contributed by atoms with Gasteiger partial charge in [0.2, 0.25) is 5.91 Å². The molecule has 3 N–H and O–H groups in total. The third-order valence-corrected chi connectivity index (χ3v) is 2.19. The second-order valence-electron chi connectivity index (χ2n) is 3.69. The highest BCUT2D eigenvalue weighted by molar-refractivity contribution is 5.94. The molecular formula is C12H15NO5. The van der Waals surface area contributed by atoms with Gasteiger partial charge >= 0.3 is 5.97 Å². The van der Waals surface area contributed by atoms with E-state index in [4.69, 9.17) is 14.6 Å². The Morgan fingerprint density at radius 3 is 2.72 bits per heavy atom. The van der Waals surface area contributed by atoms with Crippen LogP contribution in [0.3, 0.4) is 0 Å². The van der Waals surface area contributed by atoms with Crippen molar-refractivity contribution in [1.29, 1.82) is 0 Å². The summed E-state index contributed by atoms with van der Waals surface area (Å²) >= 11 is 0. The van der Waals surface area contributed by atoms with Crippen LogP contribution >= 0.6 is 0 Å². The first kappa shape index (κ1) is 14.0. The van der Waals surface area contributed by atoms with E-state index in [-0.39, 0.29) is 13.0 Å². The SMILES string of the molecule is Cc1ccc(C=CC(=O)NC(CCO)C(=O)O)o1. The lowest BCUT2D eigenvalue weighted by Gasteiger charge is -2.10. The minimum atomic E-state index is -1.18. The zero-order valence-corrected chi connectivity index (χ0v) is 9.92. The highest BCUT2D eigenvalue weighted by Gasteiger charge is 2.17. The fourth-order valence-electron chi connectivity index (χ4n) is 1.31. The van der Waals surface area contributed by atoms with Crippen molar-refractivity contribution in [3.8, 4) is 0 Å². The number of amides is 1. The molecule has 18 heavy (non-hydrogen) atoms. The molecule has 0 fully saturated rings. The topological polar surface area (TPSA) is 99.8 Å². The summed E-state index contributed by atoms with van der Waals surface area (Å²) in [5, 5.41) is 19.7. The molecule has 1 atom stereocenters. The Labute approximate surface area is 104 Å². The molecule has 0 radical (unpaired) electrons. The maximum absolute atomic E-state index is 11.4. The van der Waals surface area contributed by atoms with Crippen LogP contribution < -0.4 is 5.32 Å². The average molecular weight is 253 g/mol. The van der Waals surface area contributed by atoms with Crippen LogP contribution in [-0.2, 0) is 9.59 Å². The molecule has 6 nitrogen and oxygen atoms in total. The summed E-state index contributed by atoms with van der Waals surface area (Å²) < 4.78 is 5.21. The molecule has 1 rings (SSSR count). The van der Waals surface area contributed by atoms with E-state index >= 15 is 0 Å². The number of nitrogens with one attached hydrogen (secondary N) is 1. The van der Waals surface area contributed by atoms with Crippen molar-refractivity contribution in [3.63, 3.8) is 0 Å². The summed E-state index contributed by atoms with van der Waals surface area (Å²) in [5.74, 6) is -0.500. The van der Waals surface area contributed by atoms with E-state index < -0.39 is 17.9 Å². The number of carboxylic acids is 1. The number of furan rings is 1. The Bertz CT molecular complexity index is 449. The number of carboxylic acid groups (broad SMARTS) is 1. The number of hydrogen-bond acceptors (Lipinski definition) is 4. The van der Waals surface area contributed by atoms with Gasteiger partial charge in [-0.25, -0.2) is 4.79 Å². The maximum Gasteiger partial charge on any atom is 0.326 e. The molecule has 1 unspecified atom stereocenters. The van der Waals surface area contributed by atoms with Gasteiger partial charge in [0, 0.05) is 19.1 Å². The van der Waals surface area contributed by atoms with E-state index in [9.17, 15) is 9.59 Å². The Hall–Kier alpha value is -2.08. The predicted octanol–water partition coefficient (Wildman–Crippen LogP) is 0.553. The molecule has 0 aliphatic heterocycles. The van der Waals surface area contributed by atoms with Gasteiger partial charge in [-0.15, -0.1) is 0 Å². The Kier molecular flexibility index (Phi) is 5.13. The third kappa shape index (κ3) is 4.42. The molecular weight excluding hydrogens is 238 g/mol. The molecule has 0 aliphatic carbocycles. The van der Waals surface area contributed by atoms with Gasteiger partial charge in [-0.1, -0.05) is 0 Å².